The summed E-state index contributed by atoms with van der Waals surface area (Å²) in [5.41, 5.74) is 0.501. The topological polar surface area (TPSA) is 21.6 Å². The van der Waals surface area contributed by atoms with Crippen molar-refractivity contribution in [2.45, 2.75) is 32.7 Å². The molecule has 2 nitrogen and oxygen atoms in total. The van der Waals surface area contributed by atoms with Crippen LogP contribution in [0.4, 0.5) is 0 Å². The van der Waals surface area contributed by atoms with E-state index in [0.717, 1.165) is 5.90 Å². The Morgan fingerprint density at radius 3 is 2.27 bits per heavy atom. The van der Waals surface area contributed by atoms with Crippen LogP contribution in [-0.4, -0.2) is 18.5 Å². The summed E-state index contributed by atoms with van der Waals surface area (Å²) in [5, 5.41) is 0. The molecule has 0 spiro atoms. The number of hydrogen-bond acceptors (Lipinski definition) is 2. The van der Waals surface area contributed by atoms with Gasteiger partial charge < -0.3 is 4.74 Å². The fourth-order valence-electron chi connectivity index (χ4n) is 2.07. The molecule has 0 unspecified atom stereocenters. The molecule has 1 aliphatic carbocycles. The van der Waals surface area contributed by atoms with Crippen molar-refractivity contribution in [3.63, 3.8) is 0 Å². The lowest BCUT2D eigenvalue weighted by Gasteiger charge is -2.23. The van der Waals surface area contributed by atoms with E-state index >= 15 is 0 Å². The summed E-state index contributed by atoms with van der Waals surface area (Å²) in [6, 6.07) is 0. The van der Waals surface area contributed by atoms with Gasteiger partial charge in [0.15, 0.2) is 5.90 Å². The van der Waals surface area contributed by atoms with Crippen LogP contribution in [0.25, 0.3) is 0 Å². The van der Waals surface area contributed by atoms with Crippen molar-refractivity contribution in [2.24, 2.45) is 16.3 Å². The number of fused-ring (bicyclic) bond motifs is 1. The highest BCUT2D eigenvalue weighted by Gasteiger charge is 2.66. The summed E-state index contributed by atoms with van der Waals surface area (Å²) in [5.74, 6) is 1.58. The van der Waals surface area contributed by atoms with Crippen LogP contribution < -0.4 is 0 Å². The molecule has 11 heavy (non-hydrogen) atoms. The molecule has 0 amide bonds. The Bertz CT molecular complexity index is 232. The van der Waals surface area contributed by atoms with Crippen molar-refractivity contribution in [1.29, 1.82) is 0 Å². The summed E-state index contributed by atoms with van der Waals surface area (Å²) >= 11 is 0. The maximum atomic E-state index is 5.22. The molecule has 0 aromatic heterocycles. The quantitative estimate of drug-likeness (QED) is 0.520. The van der Waals surface area contributed by atoms with Gasteiger partial charge in [-0.3, -0.25) is 0 Å². The van der Waals surface area contributed by atoms with Gasteiger partial charge in [0.1, 0.15) is 0 Å². The van der Waals surface area contributed by atoms with E-state index in [1.165, 1.54) is 6.42 Å². The molecule has 62 valence electrons. The monoisotopic (exact) mass is 153 g/mol. The number of nitrogens with zero attached hydrogens (tertiary/aromatic N) is 1. The molecule has 1 aliphatic heterocycles. The molecule has 1 fully saturated rings. The van der Waals surface area contributed by atoms with E-state index in [1.54, 1.807) is 7.11 Å². The van der Waals surface area contributed by atoms with Crippen LogP contribution in [-0.2, 0) is 4.74 Å². The number of hydrogen-bond donors (Lipinski definition) is 0. The first-order chi connectivity index (χ1) is 5.01. The molecular formula is C9H15NO. The van der Waals surface area contributed by atoms with Gasteiger partial charge in [-0.2, -0.15) is 0 Å². The average molecular weight is 153 g/mol. The van der Waals surface area contributed by atoms with Crippen LogP contribution >= 0.6 is 0 Å². The number of aliphatic imine (C=N–C) groups is 1. The van der Waals surface area contributed by atoms with Crippen molar-refractivity contribution in [3.8, 4) is 0 Å². The second-order valence-corrected chi connectivity index (χ2v) is 4.39. The Kier molecular flexibility index (Phi) is 1.05. The lowest BCUT2D eigenvalue weighted by molar-refractivity contribution is 0.334. The molecule has 2 atom stereocenters. The van der Waals surface area contributed by atoms with E-state index in [2.05, 4.69) is 25.8 Å². The maximum absolute atomic E-state index is 5.22. The molecule has 0 bridgehead atoms. The van der Waals surface area contributed by atoms with Gasteiger partial charge in [0.2, 0.25) is 0 Å². The number of ether oxygens (including phenoxy) is 1. The SMILES string of the molecule is COC1=NC(C)(C)[C@]2(C)C[C@H]12. The molecule has 2 aliphatic rings. The lowest BCUT2D eigenvalue weighted by atomic mass is 9.87. The highest BCUT2D eigenvalue weighted by Crippen LogP contribution is 2.65. The van der Waals surface area contributed by atoms with Gasteiger partial charge >= 0.3 is 0 Å². The Morgan fingerprint density at radius 2 is 2.09 bits per heavy atom. The standard InChI is InChI=1S/C9H15NO/c1-8(2)9(3)5-6(9)7(10-8)11-4/h6H,5H2,1-4H3/t6-,9-/m1/s1. The van der Waals surface area contributed by atoms with Gasteiger partial charge in [-0.15, -0.1) is 0 Å². The molecule has 0 radical (unpaired) electrons. The minimum absolute atomic E-state index is 0.100. The van der Waals surface area contributed by atoms with Crippen LogP contribution in [0.1, 0.15) is 27.2 Å². The molecule has 1 saturated carbocycles. The molecule has 2 heteroatoms. The summed E-state index contributed by atoms with van der Waals surface area (Å²) in [6.07, 6.45) is 1.26. The average Bonchev–Trinajstić information content (AvgIpc) is 2.54. The van der Waals surface area contributed by atoms with Gasteiger partial charge in [-0.25, -0.2) is 4.99 Å². The zero-order valence-electron chi connectivity index (χ0n) is 7.64. The fourth-order valence-corrected chi connectivity index (χ4v) is 2.07. The molecule has 0 N–H and O–H groups in total. The zero-order valence-corrected chi connectivity index (χ0v) is 7.64. The third-order valence-electron chi connectivity index (χ3n) is 3.53. The van der Waals surface area contributed by atoms with Gasteiger partial charge in [0.05, 0.1) is 12.6 Å². The van der Waals surface area contributed by atoms with Crippen LogP contribution in [0.2, 0.25) is 0 Å². The second kappa shape index (κ2) is 1.62. The Labute approximate surface area is 67.7 Å². The van der Waals surface area contributed by atoms with E-state index in [1.807, 2.05) is 0 Å². The molecule has 0 aromatic rings. The van der Waals surface area contributed by atoms with E-state index in [0.29, 0.717) is 11.3 Å². The first-order valence-electron chi connectivity index (χ1n) is 4.15. The third-order valence-corrected chi connectivity index (χ3v) is 3.53. The Hall–Kier alpha value is -0.530. The maximum Gasteiger partial charge on any atom is 0.187 e. The van der Waals surface area contributed by atoms with Gasteiger partial charge in [0, 0.05) is 11.3 Å². The molecule has 0 aromatic carbocycles. The minimum atomic E-state index is 0.100. The van der Waals surface area contributed by atoms with Gasteiger partial charge in [0.25, 0.3) is 0 Å². The van der Waals surface area contributed by atoms with E-state index in [9.17, 15) is 0 Å². The van der Waals surface area contributed by atoms with Crippen molar-refractivity contribution in [3.05, 3.63) is 0 Å². The molecular weight excluding hydrogens is 138 g/mol. The summed E-state index contributed by atoms with van der Waals surface area (Å²) < 4.78 is 5.22. The first-order valence-corrected chi connectivity index (χ1v) is 4.15. The first kappa shape index (κ1) is 7.14. The Morgan fingerprint density at radius 1 is 1.45 bits per heavy atom. The highest BCUT2D eigenvalue weighted by molar-refractivity contribution is 5.86. The van der Waals surface area contributed by atoms with Gasteiger partial charge in [-0.1, -0.05) is 6.92 Å². The molecule has 2 rings (SSSR count). The number of rotatable bonds is 0. The predicted molar refractivity (Wildman–Crippen MR) is 44.7 cm³/mol. The normalized spacial score (nSPS) is 44.7. The number of methoxy groups -OCH3 is 1. The summed E-state index contributed by atoms with van der Waals surface area (Å²) in [7, 11) is 1.72. The zero-order chi connectivity index (χ0) is 8.28. The van der Waals surface area contributed by atoms with Crippen LogP contribution in [0.15, 0.2) is 4.99 Å². The van der Waals surface area contributed by atoms with E-state index in [4.69, 9.17) is 4.74 Å². The Balaban J connectivity index is 2.33. The van der Waals surface area contributed by atoms with Crippen molar-refractivity contribution in [2.75, 3.05) is 7.11 Å². The summed E-state index contributed by atoms with van der Waals surface area (Å²) in [6.45, 7) is 6.69. The highest BCUT2D eigenvalue weighted by atomic mass is 16.5. The minimum Gasteiger partial charge on any atom is -0.484 e. The van der Waals surface area contributed by atoms with Crippen molar-refractivity contribution < 1.29 is 4.74 Å². The van der Waals surface area contributed by atoms with Crippen LogP contribution in [0, 0.1) is 11.3 Å². The van der Waals surface area contributed by atoms with Crippen LogP contribution in [0.5, 0.6) is 0 Å². The van der Waals surface area contributed by atoms with E-state index in [-0.39, 0.29) is 5.54 Å². The smallest absolute Gasteiger partial charge is 0.187 e. The molecule has 0 saturated heterocycles. The largest absolute Gasteiger partial charge is 0.484 e. The van der Waals surface area contributed by atoms with E-state index < -0.39 is 0 Å². The third kappa shape index (κ3) is 0.652. The molecule has 1 heterocycles. The second-order valence-electron chi connectivity index (χ2n) is 4.39. The predicted octanol–water partition coefficient (Wildman–Crippen LogP) is 1.85. The lowest BCUT2D eigenvalue weighted by Crippen LogP contribution is -2.26. The van der Waals surface area contributed by atoms with Crippen molar-refractivity contribution in [1.82, 2.24) is 0 Å². The van der Waals surface area contributed by atoms with Crippen molar-refractivity contribution >= 4 is 5.90 Å². The fraction of sp³-hybridized carbons (Fsp3) is 0.889. The van der Waals surface area contributed by atoms with Gasteiger partial charge in [-0.05, 0) is 20.3 Å². The summed E-state index contributed by atoms with van der Waals surface area (Å²) in [4.78, 5) is 4.54. The van der Waals surface area contributed by atoms with Crippen LogP contribution in [0.3, 0.4) is 0 Å².